The molecule has 3 heterocycles. The number of ether oxygens (including phenoxy) is 1. The van der Waals surface area contributed by atoms with Crippen LogP contribution in [0, 0.1) is 0 Å². The molecule has 0 bridgehead atoms. The van der Waals surface area contributed by atoms with Crippen LogP contribution in [0.15, 0.2) is 22.8 Å². The van der Waals surface area contributed by atoms with Gasteiger partial charge in [0, 0.05) is 12.8 Å². The molecule has 2 saturated heterocycles. The number of carbonyl (C=O) groups excluding carboxylic acids is 1. The molecule has 1 amide bonds. The van der Waals surface area contributed by atoms with Crippen molar-refractivity contribution in [1.29, 1.82) is 0 Å². The van der Waals surface area contributed by atoms with Gasteiger partial charge in [-0.05, 0) is 25.2 Å². The van der Waals surface area contributed by atoms with Crippen molar-refractivity contribution in [1.82, 2.24) is 10.2 Å². The van der Waals surface area contributed by atoms with E-state index < -0.39 is 0 Å². The Bertz CT molecular complexity index is 396. The van der Waals surface area contributed by atoms with Gasteiger partial charge in [0.15, 0.2) is 0 Å². The molecule has 2 aliphatic heterocycles. The summed E-state index contributed by atoms with van der Waals surface area (Å²) in [6, 6.07) is 3.71. The minimum Gasteiger partial charge on any atom is -0.467 e. The number of piperidine rings is 1. The summed E-state index contributed by atoms with van der Waals surface area (Å²) >= 11 is 0. The summed E-state index contributed by atoms with van der Waals surface area (Å²) in [4.78, 5) is 13.5. The number of furan rings is 1. The molecule has 0 radical (unpaired) electrons. The van der Waals surface area contributed by atoms with Crippen LogP contribution in [-0.2, 0) is 11.3 Å². The van der Waals surface area contributed by atoms with Crippen molar-refractivity contribution < 1.29 is 13.9 Å². The number of amides is 1. The van der Waals surface area contributed by atoms with Crippen molar-refractivity contribution >= 4 is 6.09 Å². The third-order valence-corrected chi connectivity index (χ3v) is 3.48. The Morgan fingerprint density at radius 2 is 2.24 bits per heavy atom. The first kappa shape index (κ1) is 10.7. The lowest BCUT2D eigenvalue weighted by atomic mass is 9.92. The summed E-state index contributed by atoms with van der Waals surface area (Å²) in [7, 11) is 0. The molecule has 5 nitrogen and oxygen atoms in total. The van der Waals surface area contributed by atoms with E-state index in [0.29, 0.717) is 13.1 Å². The van der Waals surface area contributed by atoms with E-state index in [1.807, 2.05) is 12.1 Å². The molecule has 1 aromatic rings. The van der Waals surface area contributed by atoms with Crippen molar-refractivity contribution in [2.45, 2.75) is 25.0 Å². The first-order valence-electron chi connectivity index (χ1n) is 5.98. The zero-order chi connectivity index (χ0) is 11.7. The van der Waals surface area contributed by atoms with Crippen LogP contribution in [0.3, 0.4) is 0 Å². The van der Waals surface area contributed by atoms with Crippen molar-refractivity contribution in [3.05, 3.63) is 24.2 Å². The van der Waals surface area contributed by atoms with Crippen molar-refractivity contribution in [2.75, 3.05) is 19.6 Å². The van der Waals surface area contributed by atoms with E-state index in [9.17, 15) is 4.79 Å². The Morgan fingerprint density at radius 1 is 1.41 bits per heavy atom. The molecular weight excluding hydrogens is 220 g/mol. The van der Waals surface area contributed by atoms with Gasteiger partial charge in [0.25, 0.3) is 0 Å². The molecule has 92 valence electrons. The normalized spacial score (nSPS) is 23.1. The lowest BCUT2D eigenvalue weighted by Crippen LogP contribution is -2.44. The Kier molecular flexibility index (Phi) is 2.55. The SMILES string of the molecule is O=C1OC2(CCNCC2)CN1Cc1ccco1. The van der Waals surface area contributed by atoms with Crippen LogP contribution in [0.4, 0.5) is 4.79 Å². The first-order valence-corrected chi connectivity index (χ1v) is 5.98. The predicted octanol–water partition coefficient (Wildman–Crippen LogP) is 1.35. The topological polar surface area (TPSA) is 54.7 Å². The molecule has 0 saturated carbocycles. The largest absolute Gasteiger partial charge is 0.467 e. The van der Waals surface area contributed by atoms with E-state index >= 15 is 0 Å². The third kappa shape index (κ3) is 2.02. The predicted molar refractivity (Wildman–Crippen MR) is 60.4 cm³/mol. The summed E-state index contributed by atoms with van der Waals surface area (Å²) in [6.07, 6.45) is 3.20. The van der Waals surface area contributed by atoms with E-state index in [0.717, 1.165) is 31.7 Å². The molecule has 1 N–H and O–H groups in total. The van der Waals surface area contributed by atoms with Gasteiger partial charge in [-0.25, -0.2) is 4.79 Å². The molecule has 5 heteroatoms. The van der Waals surface area contributed by atoms with E-state index in [1.54, 1.807) is 11.2 Å². The van der Waals surface area contributed by atoms with Crippen LogP contribution in [0.25, 0.3) is 0 Å². The van der Waals surface area contributed by atoms with E-state index in [1.165, 1.54) is 0 Å². The maximum atomic E-state index is 11.8. The maximum absolute atomic E-state index is 11.8. The maximum Gasteiger partial charge on any atom is 0.410 e. The Balaban J connectivity index is 1.69. The summed E-state index contributed by atoms with van der Waals surface area (Å²) in [5.41, 5.74) is -0.269. The number of nitrogens with one attached hydrogen (secondary N) is 1. The van der Waals surface area contributed by atoms with Crippen LogP contribution < -0.4 is 5.32 Å². The Hall–Kier alpha value is -1.49. The van der Waals surface area contributed by atoms with Crippen LogP contribution in [0.1, 0.15) is 18.6 Å². The van der Waals surface area contributed by atoms with Gasteiger partial charge in [-0.3, -0.25) is 4.90 Å². The van der Waals surface area contributed by atoms with Gasteiger partial charge < -0.3 is 14.5 Å². The van der Waals surface area contributed by atoms with Crippen molar-refractivity contribution in [2.24, 2.45) is 0 Å². The van der Waals surface area contributed by atoms with E-state index in [4.69, 9.17) is 9.15 Å². The lowest BCUT2D eigenvalue weighted by molar-refractivity contribution is 0.0316. The zero-order valence-electron chi connectivity index (χ0n) is 9.65. The highest BCUT2D eigenvalue weighted by Gasteiger charge is 2.45. The molecule has 0 aromatic carbocycles. The van der Waals surface area contributed by atoms with Gasteiger partial charge in [0.1, 0.15) is 11.4 Å². The second-order valence-corrected chi connectivity index (χ2v) is 4.74. The quantitative estimate of drug-likeness (QED) is 0.842. The van der Waals surface area contributed by atoms with Crippen LogP contribution >= 0.6 is 0 Å². The average molecular weight is 236 g/mol. The molecule has 2 fully saturated rings. The van der Waals surface area contributed by atoms with Crippen molar-refractivity contribution in [3.63, 3.8) is 0 Å². The standard InChI is InChI=1S/C12H16N2O3/c15-11-14(8-10-2-1-7-16-10)9-12(17-11)3-5-13-6-4-12/h1-2,7,13H,3-6,8-9H2. The molecule has 0 atom stereocenters. The number of hydrogen-bond acceptors (Lipinski definition) is 4. The van der Waals surface area contributed by atoms with Gasteiger partial charge in [0.05, 0.1) is 19.4 Å². The zero-order valence-corrected chi connectivity index (χ0v) is 9.65. The summed E-state index contributed by atoms with van der Waals surface area (Å²) in [5, 5.41) is 3.28. The monoisotopic (exact) mass is 236 g/mol. The van der Waals surface area contributed by atoms with E-state index in [2.05, 4.69) is 5.32 Å². The fraction of sp³-hybridized carbons (Fsp3) is 0.583. The van der Waals surface area contributed by atoms with Gasteiger partial charge in [-0.2, -0.15) is 0 Å². The molecular formula is C12H16N2O3. The Labute approximate surface area is 99.7 Å². The number of hydrogen-bond donors (Lipinski definition) is 1. The minimum absolute atomic E-state index is 0.219. The molecule has 0 aliphatic carbocycles. The fourth-order valence-electron chi connectivity index (χ4n) is 2.55. The molecule has 0 unspecified atom stereocenters. The van der Waals surface area contributed by atoms with Gasteiger partial charge in [0.2, 0.25) is 0 Å². The van der Waals surface area contributed by atoms with Crippen LogP contribution in [0.5, 0.6) is 0 Å². The minimum atomic E-state index is -0.269. The summed E-state index contributed by atoms with van der Waals surface area (Å²) in [5.74, 6) is 0.799. The fourth-order valence-corrected chi connectivity index (χ4v) is 2.55. The Morgan fingerprint density at radius 3 is 2.94 bits per heavy atom. The van der Waals surface area contributed by atoms with Gasteiger partial charge >= 0.3 is 6.09 Å². The molecule has 1 aromatic heterocycles. The first-order chi connectivity index (χ1) is 8.27. The highest BCUT2D eigenvalue weighted by atomic mass is 16.6. The van der Waals surface area contributed by atoms with Gasteiger partial charge in [-0.1, -0.05) is 0 Å². The van der Waals surface area contributed by atoms with E-state index in [-0.39, 0.29) is 11.7 Å². The average Bonchev–Trinajstić information content (AvgIpc) is 2.91. The molecule has 2 aliphatic rings. The molecule has 3 rings (SSSR count). The van der Waals surface area contributed by atoms with Crippen LogP contribution in [0.2, 0.25) is 0 Å². The second-order valence-electron chi connectivity index (χ2n) is 4.74. The molecule has 1 spiro atoms. The van der Waals surface area contributed by atoms with Crippen LogP contribution in [-0.4, -0.2) is 36.2 Å². The number of nitrogens with zero attached hydrogens (tertiary/aromatic N) is 1. The number of rotatable bonds is 2. The third-order valence-electron chi connectivity index (χ3n) is 3.48. The summed E-state index contributed by atoms with van der Waals surface area (Å²) < 4.78 is 10.8. The number of carbonyl (C=O) groups is 1. The molecule has 17 heavy (non-hydrogen) atoms. The van der Waals surface area contributed by atoms with Gasteiger partial charge in [-0.15, -0.1) is 0 Å². The lowest BCUT2D eigenvalue weighted by Gasteiger charge is -2.31. The highest BCUT2D eigenvalue weighted by Crippen LogP contribution is 2.31. The van der Waals surface area contributed by atoms with Crippen molar-refractivity contribution in [3.8, 4) is 0 Å². The smallest absolute Gasteiger partial charge is 0.410 e. The highest BCUT2D eigenvalue weighted by molar-refractivity contribution is 5.70. The summed E-state index contributed by atoms with van der Waals surface area (Å²) in [6.45, 7) is 3.01. The second kappa shape index (κ2) is 4.07.